The predicted molar refractivity (Wildman–Crippen MR) is 82.2 cm³/mol. The Hall–Kier alpha value is -2.36. The molecule has 2 aromatic heterocycles. The Morgan fingerprint density at radius 2 is 1.75 bits per heavy atom. The van der Waals surface area contributed by atoms with Crippen LogP contribution in [0.25, 0.3) is 16.8 Å². The number of benzene rings is 1. The highest BCUT2D eigenvalue weighted by molar-refractivity contribution is 5.78. The number of nitrogens with zero attached hydrogens (tertiary/aromatic N) is 4. The molecular formula is C16H18N4. The minimum atomic E-state index is 0.906. The van der Waals surface area contributed by atoms with Gasteiger partial charge in [0, 0.05) is 30.9 Å². The molecule has 3 aromatic rings. The minimum absolute atomic E-state index is 0.906. The van der Waals surface area contributed by atoms with Crippen molar-refractivity contribution in [2.75, 3.05) is 19.0 Å². The van der Waals surface area contributed by atoms with Crippen LogP contribution in [-0.2, 0) is 0 Å². The van der Waals surface area contributed by atoms with Gasteiger partial charge in [-0.15, -0.1) is 0 Å². The first-order chi connectivity index (χ1) is 9.59. The Bertz CT molecular complexity index is 757. The molecule has 0 amide bonds. The first-order valence-corrected chi connectivity index (χ1v) is 6.67. The van der Waals surface area contributed by atoms with E-state index in [4.69, 9.17) is 4.98 Å². The highest BCUT2D eigenvalue weighted by Crippen LogP contribution is 2.28. The number of hydrogen-bond acceptors (Lipinski definition) is 3. The zero-order chi connectivity index (χ0) is 14.3. The number of aryl methyl sites for hydroxylation is 1. The lowest BCUT2D eigenvalue weighted by Crippen LogP contribution is -2.17. The van der Waals surface area contributed by atoms with Crippen LogP contribution in [0.5, 0.6) is 0 Å². The van der Waals surface area contributed by atoms with Crippen LogP contribution in [0.3, 0.4) is 0 Å². The fourth-order valence-corrected chi connectivity index (χ4v) is 2.51. The van der Waals surface area contributed by atoms with E-state index in [-0.39, 0.29) is 0 Å². The van der Waals surface area contributed by atoms with Crippen molar-refractivity contribution in [3.63, 3.8) is 0 Å². The maximum absolute atomic E-state index is 4.73. The summed E-state index contributed by atoms with van der Waals surface area (Å²) in [5.74, 6) is 1.08. The van der Waals surface area contributed by atoms with E-state index in [1.54, 1.807) is 0 Å². The molecule has 4 heteroatoms. The van der Waals surface area contributed by atoms with Crippen LogP contribution in [0.4, 0.5) is 5.82 Å². The Morgan fingerprint density at radius 3 is 2.40 bits per heavy atom. The molecule has 0 atom stereocenters. The normalized spacial score (nSPS) is 11.0. The molecule has 1 aromatic carbocycles. The number of hydrogen-bond donors (Lipinski definition) is 0. The van der Waals surface area contributed by atoms with Crippen LogP contribution >= 0.6 is 0 Å². The van der Waals surface area contributed by atoms with Crippen LogP contribution in [0.1, 0.15) is 11.3 Å². The van der Waals surface area contributed by atoms with E-state index in [2.05, 4.69) is 29.1 Å². The summed E-state index contributed by atoms with van der Waals surface area (Å²) in [7, 11) is 4.07. The van der Waals surface area contributed by atoms with Crippen LogP contribution in [-0.4, -0.2) is 28.7 Å². The number of anilines is 1. The lowest BCUT2D eigenvalue weighted by Gasteiger charge is -2.18. The maximum Gasteiger partial charge on any atom is 0.165 e. The second-order valence-corrected chi connectivity index (χ2v) is 5.20. The Kier molecular flexibility index (Phi) is 2.93. The number of aromatic nitrogens is 3. The molecule has 0 saturated carbocycles. The lowest BCUT2D eigenvalue weighted by molar-refractivity contribution is 0.875. The van der Waals surface area contributed by atoms with E-state index < -0.39 is 0 Å². The van der Waals surface area contributed by atoms with Gasteiger partial charge < -0.3 is 4.90 Å². The molecule has 4 nitrogen and oxygen atoms in total. The Balaban J connectivity index is 2.34. The Morgan fingerprint density at radius 1 is 1.05 bits per heavy atom. The molecule has 0 saturated heterocycles. The van der Waals surface area contributed by atoms with Gasteiger partial charge in [-0.25, -0.2) is 4.98 Å². The molecule has 2 heterocycles. The number of fused-ring (bicyclic) bond motifs is 1. The summed E-state index contributed by atoms with van der Waals surface area (Å²) in [4.78, 5) is 6.81. The summed E-state index contributed by atoms with van der Waals surface area (Å²) in [6.07, 6.45) is 1.89. The fourth-order valence-electron chi connectivity index (χ4n) is 2.51. The molecule has 0 unspecified atom stereocenters. The van der Waals surface area contributed by atoms with Crippen molar-refractivity contribution in [2.24, 2.45) is 0 Å². The van der Waals surface area contributed by atoms with E-state index in [0.717, 1.165) is 33.8 Å². The molecule has 20 heavy (non-hydrogen) atoms. The zero-order valence-electron chi connectivity index (χ0n) is 12.3. The summed E-state index contributed by atoms with van der Waals surface area (Å²) in [6, 6.07) is 10.3. The SMILES string of the molecule is Cc1nc2c(-c3ccccc3)cnn2c(N(C)C)c1C. The quantitative estimate of drug-likeness (QED) is 0.714. The molecule has 3 rings (SSSR count). The van der Waals surface area contributed by atoms with Gasteiger partial charge in [-0.05, 0) is 19.4 Å². The summed E-state index contributed by atoms with van der Waals surface area (Å²) >= 11 is 0. The van der Waals surface area contributed by atoms with Crippen molar-refractivity contribution in [2.45, 2.75) is 13.8 Å². The van der Waals surface area contributed by atoms with E-state index in [9.17, 15) is 0 Å². The molecule has 0 aliphatic carbocycles. The number of rotatable bonds is 2. The van der Waals surface area contributed by atoms with Gasteiger partial charge in [-0.2, -0.15) is 9.61 Å². The van der Waals surface area contributed by atoms with Crippen LogP contribution in [0, 0.1) is 13.8 Å². The van der Waals surface area contributed by atoms with Crippen molar-refractivity contribution < 1.29 is 0 Å². The molecule has 0 aliphatic rings. The maximum atomic E-state index is 4.73. The molecule has 0 fully saturated rings. The van der Waals surface area contributed by atoms with E-state index in [1.165, 1.54) is 0 Å². The second kappa shape index (κ2) is 4.63. The molecule has 102 valence electrons. The van der Waals surface area contributed by atoms with Crippen molar-refractivity contribution in [3.05, 3.63) is 47.8 Å². The molecule has 0 bridgehead atoms. The molecule has 0 spiro atoms. The largest absolute Gasteiger partial charge is 0.362 e. The highest BCUT2D eigenvalue weighted by Gasteiger charge is 2.15. The van der Waals surface area contributed by atoms with Crippen molar-refractivity contribution >= 4 is 11.5 Å². The Labute approximate surface area is 118 Å². The summed E-state index contributed by atoms with van der Waals surface area (Å²) in [5.41, 5.74) is 5.31. The van der Waals surface area contributed by atoms with Crippen molar-refractivity contribution in [1.82, 2.24) is 14.6 Å². The van der Waals surface area contributed by atoms with Crippen molar-refractivity contribution in [3.8, 4) is 11.1 Å². The zero-order valence-corrected chi connectivity index (χ0v) is 12.3. The molecule has 0 radical (unpaired) electrons. The van der Waals surface area contributed by atoms with Crippen LogP contribution in [0.2, 0.25) is 0 Å². The van der Waals surface area contributed by atoms with Gasteiger partial charge in [-0.3, -0.25) is 0 Å². The third kappa shape index (κ3) is 1.84. The molecular weight excluding hydrogens is 248 g/mol. The third-order valence-corrected chi connectivity index (χ3v) is 3.60. The minimum Gasteiger partial charge on any atom is -0.362 e. The highest BCUT2D eigenvalue weighted by atomic mass is 15.3. The van der Waals surface area contributed by atoms with Gasteiger partial charge in [0.15, 0.2) is 5.65 Å². The van der Waals surface area contributed by atoms with E-state index in [0.29, 0.717) is 0 Å². The van der Waals surface area contributed by atoms with Crippen molar-refractivity contribution in [1.29, 1.82) is 0 Å². The van der Waals surface area contributed by atoms with Crippen LogP contribution in [0.15, 0.2) is 36.5 Å². The second-order valence-electron chi connectivity index (χ2n) is 5.20. The predicted octanol–water partition coefficient (Wildman–Crippen LogP) is 3.08. The monoisotopic (exact) mass is 266 g/mol. The van der Waals surface area contributed by atoms with Gasteiger partial charge in [0.2, 0.25) is 0 Å². The van der Waals surface area contributed by atoms with E-state index in [1.807, 2.05) is 49.9 Å². The van der Waals surface area contributed by atoms with Crippen LogP contribution < -0.4 is 4.90 Å². The van der Waals surface area contributed by atoms with Gasteiger partial charge in [-0.1, -0.05) is 30.3 Å². The average molecular weight is 266 g/mol. The fraction of sp³-hybridized carbons (Fsp3) is 0.250. The first-order valence-electron chi connectivity index (χ1n) is 6.67. The van der Waals surface area contributed by atoms with Gasteiger partial charge in [0.1, 0.15) is 5.82 Å². The summed E-state index contributed by atoms with van der Waals surface area (Å²) in [5, 5.41) is 4.53. The lowest BCUT2D eigenvalue weighted by atomic mass is 10.1. The first kappa shape index (κ1) is 12.7. The third-order valence-electron chi connectivity index (χ3n) is 3.60. The smallest absolute Gasteiger partial charge is 0.165 e. The summed E-state index contributed by atoms with van der Waals surface area (Å²) in [6.45, 7) is 4.13. The molecule has 0 aliphatic heterocycles. The topological polar surface area (TPSA) is 33.4 Å². The standard InChI is InChI=1S/C16H18N4/c1-11-12(2)18-15-14(13-8-6-5-7-9-13)10-17-20(15)16(11)19(3)4/h5-10H,1-4H3. The van der Waals surface area contributed by atoms with E-state index >= 15 is 0 Å². The molecule has 0 N–H and O–H groups in total. The van der Waals surface area contributed by atoms with Gasteiger partial charge >= 0.3 is 0 Å². The average Bonchev–Trinajstić information content (AvgIpc) is 2.83. The van der Waals surface area contributed by atoms with Gasteiger partial charge in [0.05, 0.1) is 6.20 Å². The summed E-state index contributed by atoms with van der Waals surface area (Å²) < 4.78 is 1.92. The van der Waals surface area contributed by atoms with Gasteiger partial charge in [0.25, 0.3) is 0 Å².